The number of aromatic nitrogens is 2. The van der Waals surface area contributed by atoms with E-state index in [-0.39, 0.29) is 11.0 Å². The van der Waals surface area contributed by atoms with Gasteiger partial charge in [0.05, 0.1) is 16.6 Å². The number of para-hydroxylation sites is 1. The summed E-state index contributed by atoms with van der Waals surface area (Å²) < 4.78 is 1.82. The van der Waals surface area contributed by atoms with Gasteiger partial charge in [0.15, 0.2) is 0 Å². The van der Waals surface area contributed by atoms with Crippen LogP contribution in [-0.4, -0.2) is 9.55 Å². The van der Waals surface area contributed by atoms with E-state index in [9.17, 15) is 4.79 Å². The van der Waals surface area contributed by atoms with Crippen molar-refractivity contribution in [2.45, 2.75) is 66.7 Å². The average Bonchev–Trinajstić information content (AvgIpc) is 2.66. The summed E-state index contributed by atoms with van der Waals surface area (Å²) in [7, 11) is 0. The highest BCUT2D eigenvalue weighted by Gasteiger charge is 2.19. The van der Waals surface area contributed by atoms with Gasteiger partial charge in [0.25, 0.3) is 5.56 Å². The summed E-state index contributed by atoms with van der Waals surface area (Å²) in [5.41, 5.74) is 3.26. The van der Waals surface area contributed by atoms with Crippen molar-refractivity contribution in [1.29, 1.82) is 0 Å². The molecule has 0 bridgehead atoms. The molecule has 2 aromatic carbocycles. The molecule has 0 amide bonds. The van der Waals surface area contributed by atoms with Crippen LogP contribution in [0.5, 0.6) is 0 Å². The number of hydrogen-bond donors (Lipinski definition) is 0. The second kappa shape index (κ2) is 8.52. The lowest BCUT2D eigenvalue weighted by Crippen LogP contribution is -2.26. The summed E-state index contributed by atoms with van der Waals surface area (Å²) >= 11 is 0. The van der Waals surface area contributed by atoms with Crippen LogP contribution in [0.1, 0.15) is 71.7 Å². The minimum absolute atomic E-state index is 0.0184. The molecule has 3 aromatic rings. The standard InChI is InChI=1S/C26H34N2O/c1-7-19(3)20-12-14-21(15-13-20)28-24(16-18(2)17-26(4,5)6)27-23-11-9-8-10-22(23)25(28)29/h8-15,18-19H,7,16-17H2,1-6H3. The minimum atomic E-state index is 0.0184. The minimum Gasteiger partial charge on any atom is -0.268 e. The van der Waals surface area contributed by atoms with Gasteiger partial charge in [0.2, 0.25) is 0 Å². The predicted octanol–water partition coefficient (Wildman–Crippen LogP) is 6.51. The van der Waals surface area contributed by atoms with E-state index in [0.29, 0.717) is 17.2 Å². The molecule has 1 heterocycles. The molecule has 0 spiro atoms. The van der Waals surface area contributed by atoms with Crippen LogP contribution >= 0.6 is 0 Å². The summed E-state index contributed by atoms with van der Waals surface area (Å²) in [6.07, 6.45) is 2.97. The number of benzene rings is 2. The van der Waals surface area contributed by atoms with Gasteiger partial charge in [-0.15, -0.1) is 0 Å². The van der Waals surface area contributed by atoms with Gasteiger partial charge in [0, 0.05) is 6.42 Å². The highest BCUT2D eigenvalue weighted by molar-refractivity contribution is 5.77. The molecule has 0 aliphatic heterocycles. The van der Waals surface area contributed by atoms with E-state index in [1.165, 1.54) is 5.56 Å². The highest BCUT2D eigenvalue weighted by Crippen LogP contribution is 2.27. The molecule has 2 atom stereocenters. The Hall–Kier alpha value is -2.42. The highest BCUT2D eigenvalue weighted by atomic mass is 16.1. The molecule has 0 aliphatic carbocycles. The maximum absolute atomic E-state index is 13.4. The number of nitrogens with zero attached hydrogens (tertiary/aromatic N) is 2. The number of hydrogen-bond acceptors (Lipinski definition) is 2. The first-order valence-electron chi connectivity index (χ1n) is 10.8. The van der Waals surface area contributed by atoms with E-state index >= 15 is 0 Å². The van der Waals surface area contributed by atoms with Crippen LogP contribution in [0.15, 0.2) is 53.3 Å². The second-order valence-electron chi connectivity index (χ2n) is 9.66. The van der Waals surface area contributed by atoms with Gasteiger partial charge in [-0.05, 0) is 59.9 Å². The quantitative estimate of drug-likeness (QED) is 0.480. The normalized spacial score (nSPS) is 14.1. The number of fused-ring (bicyclic) bond motifs is 1. The molecule has 3 nitrogen and oxygen atoms in total. The molecular formula is C26H34N2O. The Balaban J connectivity index is 2.11. The molecule has 29 heavy (non-hydrogen) atoms. The summed E-state index contributed by atoms with van der Waals surface area (Å²) in [6.45, 7) is 13.5. The molecular weight excluding hydrogens is 356 g/mol. The Labute approximate surface area is 174 Å². The zero-order valence-electron chi connectivity index (χ0n) is 18.7. The summed E-state index contributed by atoms with van der Waals surface area (Å²) in [5.74, 6) is 1.80. The first kappa shape index (κ1) is 21.3. The lowest BCUT2D eigenvalue weighted by Gasteiger charge is -2.24. The number of rotatable bonds is 6. The molecule has 154 valence electrons. The smallest absolute Gasteiger partial charge is 0.265 e. The third-order valence-electron chi connectivity index (χ3n) is 5.67. The zero-order valence-corrected chi connectivity index (χ0v) is 18.7. The van der Waals surface area contributed by atoms with Crippen LogP contribution in [-0.2, 0) is 6.42 Å². The summed E-state index contributed by atoms with van der Waals surface area (Å²) in [5, 5.41) is 0.672. The molecule has 1 aromatic heterocycles. The Morgan fingerprint density at radius 1 is 1.00 bits per heavy atom. The van der Waals surface area contributed by atoms with Crippen molar-refractivity contribution >= 4 is 10.9 Å². The van der Waals surface area contributed by atoms with Gasteiger partial charge in [-0.25, -0.2) is 4.98 Å². The van der Waals surface area contributed by atoms with Gasteiger partial charge in [-0.2, -0.15) is 0 Å². The van der Waals surface area contributed by atoms with Crippen molar-refractivity contribution < 1.29 is 0 Å². The molecule has 0 N–H and O–H groups in total. The Bertz CT molecular complexity index is 1030. The molecule has 0 saturated carbocycles. The fourth-order valence-corrected chi connectivity index (χ4v) is 4.20. The second-order valence-corrected chi connectivity index (χ2v) is 9.66. The molecule has 0 radical (unpaired) electrons. The molecule has 3 rings (SSSR count). The third-order valence-corrected chi connectivity index (χ3v) is 5.67. The van der Waals surface area contributed by atoms with E-state index in [4.69, 9.17) is 4.98 Å². The van der Waals surface area contributed by atoms with E-state index in [1.54, 1.807) is 0 Å². The molecule has 0 fully saturated rings. The average molecular weight is 391 g/mol. The zero-order chi connectivity index (χ0) is 21.2. The maximum atomic E-state index is 13.4. The van der Waals surface area contributed by atoms with Gasteiger partial charge in [0.1, 0.15) is 5.82 Å². The molecule has 2 unspecified atom stereocenters. The monoisotopic (exact) mass is 390 g/mol. The summed E-state index contributed by atoms with van der Waals surface area (Å²) in [4.78, 5) is 18.3. The van der Waals surface area contributed by atoms with E-state index in [2.05, 4.69) is 65.8 Å². The lowest BCUT2D eigenvalue weighted by molar-refractivity contribution is 0.303. The van der Waals surface area contributed by atoms with Crippen LogP contribution in [0.3, 0.4) is 0 Å². The van der Waals surface area contributed by atoms with E-state index in [1.807, 2.05) is 28.8 Å². The molecule has 0 saturated heterocycles. The van der Waals surface area contributed by atoms with Gasteiger partial charge >= 0.3 is 0 Å². The molecule has 3 heteroatoms. The van der Waals surface area contributed by atoms with Crippen LogP contribution < -0.4 is 5.56 Å². The van der Waals surface area contributed by atoms with Crippen molar-refractivity contribution in [3.63, 3.8) is 0 Å². The Morgan fingerprint density at radius 2 is 1.66 bits per heavy atom. The molecule has 0 aliphatic rings. The van der Waals surface area contributed by atoms with Crippen molar-refractivity contribution in [1.82, 2.24) is 9.55 Å². The van der Waals surface area contributed by atoms with Gasteiger partial charge in [-0.1, -0.05) is 65.8 Å². The van der Waals surface area contributed by atoms with Crippen molar-refractivity contribution in [2.75, 3.05) is 0 Å². The van der Waals surface area contributed by atoms with Gasteiger partial charge in [-0.3, -0.25) is 9.36 Å². The first-order valence-corrected chi connectivity index (χ1v) is 10.8. The fourth-order valence-electron chi connectivity index (χ4n) is 4.20. The first-order chi connectivity index (χ1) is 13.7. The van der Waals surface area contributed by atoms with Crippen LogP contribution in [0.25, 0.3) is 16.6 Å². The largest absolute Gasteiger partial charge is 0.268 e. The van der Waals surface area contributed by atoms with Crippen LogP contribution in [0, 0.1) is 11.3 Å². The fraction of sp³-hybridized carbons (Fsp3) is 0.462. The topological polar surface area (TPSA) is 34.9 Å². The Morgan fingerprint density at radius 3 is 2.28 bits per heavy atom. The van der Waals surface area contributed by atoms with E-state index in [0.717, 1.165) is 36.3 Å². The van der Waals surface area contributed by atoms with Crippen molar-refractivity contribution in [3.8, 4) is 5.69 Å². The SMILES string of the molecule is CCC(C)c1ccc(-n2c(CC(C)CC(C)(C)C)nc3ccccc3c2=O)cc1. The predicted molar refractivity (Wildman–Crippen MR) is 123 cm³/mol. The van der Waals surface area contributed by atoms with Crippen LogP contribution in [0.2, 0.25) is 0 Å². The maximum Gasteiger partial charge on any atom is 0.265 e. The summed E-state index contributed by atoms with van der Waals surface area (Å²) in [6, 6.07) is 16.1. The lowest BCUT2D eigenvalue weighted by atomic mass is 9.84. The van der Waals surface area contributed by atoms with Crippen LogP contribution in [0.4, 0.5) is 0 Å². The van der Waals surface area contributed by atoms with E-state index < -0.39 is 0 Å². The Kier molecular flexibility index (Phi) is 6.26. The third kappa shape index (κ3) is 4.95. The van der Waals surface area contributed by atoms with Crippen molar-refractivity contribution in [2.24, 2.45) is 11.3 Å². The van der Waals surface area contributed by atoms with Crippen molar-refractivity contribution in [3.05, 3.63) is 70.3 Å². The van der Waals surface area contributed by atoms with Gasteiger partial charge < -0.3 is 0 Å².